The molecule has 1 amide bonds. The third-order valence-corrected chi connectivity index (χ3v) is 4.74. The Kier molecular flexibility index (Phi) is 3.53. The molecular formula is C15H17NO2S. The van der Waals surface area contributed by atoms with Crippen molar-refractivity contribution in [3.8, 4) is 0 Å². The first-order valence-corrected chi connectivity index (χ1v) is 7.59. The average molecular weight is 275 g/mol. The number of hydrogen-bond acceptors (Lipinski definition) is 3. The monoisotopic (exact) mass is 275 g/mol. The van der Waals surface area contributed by atoms with Crippen molar-refractivity contribution in [1.82, 2.24) is 5.32 Å². The zero-order chi connectivity index (χ0) is 13.2. The predicted molar refractivity (Wildman–Crippen MR) is 77.6 cm³/mol. The quantitative estimate of drug-likeness (QED) is 0.885. The van der Waals surface area contributed by atoms with Crippen molar-refractivity contribution < 1.29 is 9.90 Å². The van der Waals surface area contributed by atoms with E-state index in [4.69, 9.17) is 0 Å². The molecule has 0 bridgehead atoms. The largest absolute Gasteiger partial charge is 0.391 e. The van der Waals surface area contributed by atoms with Crippen LogP contribution in [-0.2, 0) is 0 Å². The molecule has 3 nitrogen and oxygen atoms in total. The molecule has 4 heteroatoms. The topological polar surface area (TPSA) is 49.3 Å². The fourth-order valence-electron chi connectivity index (χ4n) is 2.68. The van der Waals surface area contributed by atoms with Gasteiger partial charge in [0.1, 0.15) is 0 Å². The second-order valence-electron chi connectivity index (χ2n) is 5.08. The first kappa shape index (κ1) is 12.6. The van der Waals surface area contributed by atoms with E-state index in [0.29, 0.717) is 0 Å². The second kappa shape index (κ2) is 5.31. The van der Waals surface area contributed by atoms with Crippen LogP contribution in [0.4, 0.5) is 0 Å². The van der Waals surface area contributed by atoms with Crippen LogP contribution in [0.25, 0.3) is 10.1 Å². The molecule has 0 spiro atoms. The number of amides is 1. The molecule has 1 aromatic carbocycles. The van der Waals surface area contributed by atoms with Crippen LogP contribution in [0.1, 0.15) is 36.0 Å². The Morgan fingerprint density at radius 3 is 2.89 bits per heavy atom. The highest BCUT2D eigenvalue weighted by molar-refractivity contribution is 7.17. The number of carbonyl (C=O) groups excluding carboxylic acids is 1. The van der Waals surface area contributed by atoms with Gasteiger partial charge in [0.15, 0.2) is 0 Å². The number of carbonyl (C=O) groups is 1. The Balaban J connectivity index is 1.80. The maximum Gasteiger partial charge on any atom is 0.253 e. The molecular weight excluding hydrogens is 258 g/mol. The number of aliphatic hydroxyl groups excluding tert-OH is 1. The zero-order valence-corrected chi connectivity index (χ0v) is 11.5. The summed E-state index contributed by atoms with van der Waals surface area (Å²) in [6, 6.07) is 7.82. The lowest BCUT2D eigenvalue weighted by Gasteiger charge is -2.28. The average Bonchev–Trinajstić information content (AvgIpc) is 2.85. The van der Waals surface area contributed by atoms with Gasteiger partial charge in [-0.1, -0.05) is 31.0 Å². The molecule has 2 N–H and O–H groups in total. The van der Waals surface area contributed by atoms with E-state index in [9.17, 15) is 9.90 Å². The Labute approximate surface area is 116 Å². The summed E-state index contributed by atoms with van der Waals surface area (Å²) in [7, 11) is 0. The van der Waals surface area contributed by atoms with Crippen LogP contribution in [0.2, 0.25) is 0 Å². The predicted octanol–water partition coefficient (Wildman–Crippen LogP) is 2.93. The molecule has 0 saturated heterocycles. The van der Waals surface area contributed by atoms with E-state index in [1.807, 2.05) is 29.6 Å². The number of fused-ring (bicyclic) bond motifs is 1. The van der Waals surface area contributed by atoms with Crippen molar-refractivity contribution >= 4 is 27.3 Å². The van der Waals surface area contributed by atoms with Crippen molar-refractivity contribution in [3.63, 3.8) is 0 Å². The van der Waals surface area contributed by atoms with Crippen LogP contribution in [0.3, 0.4) is 0 Å². The Bertz CT molecular complexity index is 593. The normalized spacial score (nSPS) is 23.4. The Morgan fingerprint density at radius 1 is 1.26 bits per heavy atom. The van der Waals surface area contributed by atoms with E-state index in [0.717, 1.165) is 41.3 Å². The summed E-state index contributed by atoms with van der Waals surface area (Å²) in [5.41, 5.74) is 0.721. The molecule has 1 fully saturated rings. The van der Waals surface area contributed by atoms with Crippen molar-refractivity contribution in [1.29, 1.82) is 0 Å². The van der Waals surface area contributed by atoms with Gasteiger partial charge in [-0.3, -0.25) is 4.79 Å². The van der Waals surface area contributed by atoms with Crippen molar-refractivity contribution in [3.05, 3.63) is 35.2 Å². The molecule has 19 heavy (non-hydrogen) atoms. The van der Waals surface area contributed by atoms with Crippen LogP contribution >= 0.6 is 11.3 Å². The highest BCUT2D eigenvalue weighted by Crippen LogP contribution is 2.26. The number of aliphatic hydroxyl groups is 1. The van der Waals surface area contributed by atoms with Crippen LogP contribution in [0.15, 0.2) is 29.6 Å². The van der Waals surface area contributed by atoms with Gasteiger partial charge < -0.3 is 10.4 Å². The lowest BCUT2D eigenvalue weighted by atomic mass is 9.92. The molecule has 1 aliphatic carbocycles. The van der Waals surface area contributed by atoms with Crippen molar-refractivity contribution in [2.75, 3.05) is 0 Å². The maximum atomic E-state index is 12.3. The number of thiophene rings is 1. The van der Waals surface area contributed by atoms with Crippen LogP contribution < -0.4 is 5.32 Å². The molecule has 1 aromatic heterocycles. The molecule has 0 aliphatic heterocycles. The number of rotatable bonds is 2. The first-order chi connectivity index (χ1) is 9.25. The number of benzene rings is 1. The molecule has 0 radical (unpaired) electrons. The van der Waals surface area contributed by atoms with Gasteiger partial charge in [0.25, 0.3) is 5.91 Å². The summed E-state index contributed by atoms with van der Waals surface area (Å²) in [5, 5.41) is 15.8. The van der Waals surface area contributed by atoms with Crippen LogP contribution in [-0.4, -0.2) is 23.2 Å². The maximum absolute atomic E-state index is 12.3. The lowest BCUT2D eigenvalue weighted by Crippen LogP contribution is -2.45. The van der Waals surface area contributed by atoms with E-state index in [-0.39, 0.29) is 11.9 Å². The van der Waals surface area contributed by atoms with Gasteiger partial charge in [-0.05, 0) is 18.9 Å². The van der Waals surface area contributed by atoms with Gasteiger partial charge in [0.05, 0.1) is 17.7 Å². The fraction of sp³-hybridized carbons (Fsp3) is 0.400. The van der Waals surface area contributed by atoms with Gasteiger partial charge >= 0.3 is 0 Å². The first-order valence-electron chi connectivity index (χ1n) is 6.71. The van der Waals surface area contributed by atoms with Crippen molar-refractivity contribution in [2.24, 2.45) is 0 Å². The molecule has 1 aliphatic rings. The minimum Gasteiger partial charge on any atom is -0.391 e. The number of hydrogen-bond donors (Lipinski definition) is 2. The van der Waals surface area contributed by atoms with E-state index in [1.165, 1.54) is 0 Å². The Hall–Kier alpha value is -1.39. The Morgan fingerprint density at radius 2 is 2.05 bits per heavy atom. The van der Waals surface area contributed by atoms with E-state index >= 15 is 0 Å². The van der Waals surface area contributed by atoms with Crippen molar-refractivity contribution in [2.45, 2.75) is 37.8 Å². The summed E-state index contributed by atoms with van der Waals surface area (Å²) in [5.74, 6) is -0.0663. The molecule has 1 saturated carbocycles. The lowest BCUT2D eigenvalue weighted by molar-refractivity contribution is 0.0718. The fourth-order valence-corrected chi connectivity index (χ4v) is 3.62. The van der Waals surface area contributed by atoms with Gasteiger partial charge in [-0.15, -0.1) is 11.3 Å². The molecule has 1 heterocycles. The van der Waals surface area contributed by atoms with Gasteiger partial charge in [-0.2, -0.15) is 0 Å². The second-order valence-corrected chi connectivity index (χ2v) is 5.99. The van der Waals surface area contributed by atoms with Gasteiger partial charge in [0, 0.05) is 15.5 Å². The third kappa shape index (κ3) is 2.51. The van der Waals surface area contributed by atoms with E-state index in [1.54, 1.807) is 11.3 Å². The smallest absolute Gasteiger partial charge is 0.253 e. The highest BCUT2D eigenvalue weighted by atomic mass is 32.1. The van der Waals surface area contributed by atoms with E-state index < -0.39 is 6.10 Å². The minimum atomic E-state index is -0.400. The zero-order valence-electron chi connectivity index (χ0n) is 10.6. The summed E-state index contributed by atoms with van der Waals surface area (Å²) < 4.78 is 1.12. The summed E-state index contributed by atoms with van der Waals surface area (Å²) in [6.07, 6.45) is 3.38. The van der Waals surface area contributed by atoms with Gasteiger partial charge in [-0.25, -0.2) is 0 Å². The van der Waals surface area contributed by atoms with E-state index in [2.05, 4.69) is 5.32 Å². The third-order valence-electron chi connectivity index (χ3n) is 3.77. The van der Waals surface area contributed by atoms with Gasteiger partial charge in [0.2, 0.25) is 0 Å². The molecule has 2 aromatic rings. The standard InChI is InChI=1S/C15H17NO2S/c17-13-7-3-2-6-12(13)16-15(18)11-9-19-14-8-4-1-5-10(11)14/h1,4-5,8-9,12-13,17H,2-3,6-7H2,(H,16,18)/t12-,13-/m0/s1. The molecule has 0 unspecified atom stereocenters. The minimum absolute atomic E-state index is 0.0663. The summed E-state index contributed by atoms with van der Waals surface area (Å²) in [6.45, 7) is 0. The molecule has 2 atom stereocenters. The summed E-state index contributed by atoms with van der Waals surface area (Å²) in [4.78, 5) is 12.3. The molecule has 3 rings (SSSR count). The summed E-state index contributed by atoms with van der Waals surface area (Å²) >= 11 is 1.58. The van der Waals surface area contributed by atoms with Crippen LogP contribution in [0.5, 0.6) is 0 Å². The molecule has 100 valence electrons. The SMILES string of the molecule is O=C(N[C@H]1CCCC[C@@H]1O)c1csc2ccccc12. The highest BCUT2D eigenvalue weighted by Gasteiger charge is 2.25. The van der Waals surface area contributed by atoms with Crippen LogP contribution in [0, 0.1) is 0 Å². The number of nitrogens with one attached hydrogen (secondary N) is 1.